The molecule has 1 aromatic carbocycles. The predicted octanol–water partition coefficient (Wildman–Crippen LogP) is 5.31. The number of nitrogens with one attached hydrogen (secondary N) is 1. The quantitative estimate of drug-likeness (QED) is 0.779. The summed E-state index contributed by atoms with van der Waals surface area (Å²) in [6.45, 7) is 0. The van der Waals surface area contributed by atoms with Gasteiger partial charge in [-0.15, -0.1) is 0 Å². The number of nitrogens with zero attached hydrogens (tertiary/aromatic N) is 1. The topological polar surface area (TPSA) is 42.0 Å². The van der Waals surface area contributed by atoms with Gasteiger partial charge in [0.15, 0.2) is 5.82 Å². The third-order valence-corrected chi connectivity index (χ3v) is 3.51. The number of rotatable bonds is 2. The average molecular weight is 370 g/mol. The summed E-state index contributed by atoms with van der Waals surface area (Å²) >= 11 is 17.4. The van der Waals surface area contributed by atoms with Crippen molar-refractivity contribution in [1.82, 2.24) is 4.98 Å². The molecule has 0 spiro atoms. The predicted molar refractivity (Wildman–Crippen MR) is 78.7 cm³/mol. The summed E-state index contributed by atoms with van der Waals surface area (Å²) < 4.78 is 37.5. The second-order valence-corrected chi connectivity index (χ2v) is 5.32. The second-order valence-electron chi connectivity index (χ2n) is 4.10. The first-order chi connectivity index (χ1) is 10.2. The molecule has 9 heteroatoms. The van der Waals surface area contributed by atoms with Gasteiger partial charge in [0.2, 0.25) is 0 Å². The Morgan fingerprint density at radius 3 is 2.18 bits per heavy atom. The standard InChI is InChI=1S/C13H6Cl3F3N2O/c14-7-2-1-3-8(15)10(7)12(22)21-11-9(16)4-6(5-20-11)13(17,18)19/h1-5H,(H,20,21,22). The molecule has 3 nitrogen and oxygen atoms in total. The normalized spacial score (nSPS) is 11.4. The largest absolute Gasteiger partial charge is 0.417 e. The van der Waals surface area contributed by atoms with Crippen LogP contribution in [-0.4, -0.2) is 10.9 Å². The van der Waals surface area contributed by atoms with Crippen LogP contribution in [0.2, 0.25) is 15.1 Å². The van der Waals surface area contributed by atoms with Gasteiger partial charge in [-0.2, -0.15) is 13.2 Å². The number of anilines is 1. The van der Waals surface area contributed by atoms with Crippen molar-refractivity contribution in [3.05, 3.63) is 56.7 Å². The molecule has 1 aromatic heterocycles. The van der Waals surface area contributed by atoms with Crippen LogP contribution in [0.25, 0.3) is 0 Å². The minimum Gasteiger partial charge on any atom is -0.305 e. The molecule has 1 amide bonds. The van der Waals surface area contributed by atoms with E-state index in [4.69, 9.17) is 34.8 Å². The third-order valence-electron chi connectivity index (χ3n) is 2.59. The van der Waals surface area contributed by atoms with Gasteiger partial charge in [-0.1, -0.05) is 40.9 Å². The Morgan fingerprint density at radius 2 is 1.68 bits per heavy atom. The van der Waals surface area contributed by atoms with E-state index in [1.165, 1.54) is 12.1 Å². The van der Waals surface area contributed by atoms with Crippen molar-refractivity contribution in [2.75, 3.05) is 5.32 Å². The molecule has 2 aromatic rings. The Morgan fingerprint density at radius 1 is 1.09 bits per heavy atom. The molecular formula is C13H6Cl3F3N2O. The summed E-state index contributed by atoms with van der Waals surface area (Å²) in [7, 11) is 0. The lowest BCUT2D eigenvalue weighted by atomic mass is 10.2. The van der Waals surface area contributed by atoms with Crippen molar-refractivity contribution < 1.29 is 18.0 Å². The number of halogens is 6. The van der Waals surface area contributed by atoms with E-state index >= 15 is 0 Å². The monoisotopic (exact) mass is 368 g/mol. The van der Waals surface area contributed by atoms with Crippen LogP contribution in [0.5, 0.6) is 0 Å². The van der Waals surface area contributed by atoms with Crippen molar-refractivity contribution >= 4 is 46.5 Å². The number of aromatic nitrogens is 1. The molecule has 1 N–H and O–H groups in total. The van der Waals surface area contributed by atoms with Crippen molar-refractivity contribution in [2.24, 2.45) is 0 Å². The van der Waals surface area contributed by atoms with E-state index in [2.05, 4.69) is 10.3 Å². The summed E-state index contributed by atoms with van der Waals surface area (Å²) in [5.41, 5.74) is -1.05. The summed E-state index contributed by atoms with van der Waals surface area (Å²) in [4.78, 5) is 15.6. The molecule has 1 heterocycles. The lowest BCUT2D eigenvalue weighted by Gasteiger charge is -2.11. The summed E-state index contributed by atoms with van der Waals surface area (Å²) in [5, 5.41) is 2.09. The highest BCUT2D eigenvalue weighted by molar-refractivity contribution is 6.40. The molecule has 116 valence electrons. The van der Waals surface area contributed by atoms with Crippen molar-refractivity contribution in [1.29, 1.82) is 0 Å². The lowest BCUT2D eigenvalue weighted by molar-refractivity contribution is -0.137. The van der Waals surface area contributed by atoms with Crippen LogP contribution < -0.4 is 5.32 Å². The fourth-order valence-electron chi connectivity index (χ4n) is 1.57. The van der Waals surface area contributed by atoms with Gasteiger partial charge in [-0.25, -0.2) is 4.98 Å². The zero-order valence-corrected chi connectivity index (χ0v) is 12.8. The molecule has 0 fully saturated rings. The zero-order chi connectivity index (χ0) is 16.5. The minimum absolute atomic E-state index is 0.0244. The lowest BCUT2D eigenvalue weighted by Crippen LogP contribution is -2.15. The Labute approximate surface area is 138 Å². The first kappa shape index (κ1) is 16.9. The van der Waals surface area contributed by atoms with Gasteiger partial charge in [0, 0.05) is 6.20 Å². The van der Waals surface area contributed by atoms with Crippen LogP contribution in [0.1, 0.15) is 15.9 Å². The Hall–Kier alpha value is -1.50. The summed E-state index contributed by atoms with van der Waals surface area (Å²) in [6, 6.07) is 5.11. The first-order valence-corrected chi connectivity index (χ1v) is 6.81. The number of pyridine rings is 1. The molecular weight excluding hydrogens is 364 g/mol. The summed E-state index contributed by atoms with van der Waals surface area (Å²) in [6.07, 6.45) is -4.01. The summed E-state index contributed by atoms with van der Waals surface area (Å²) in [5.74, 6) is -0.958. The molecule has 0 saturated heterocycles. The molecule has 0 aliphatic heterocycles. The van der Waals surface area contributed by atoms with Crippen LogP contribution in [0, 0.1) is 0 Å². The highest BCUT2D eigenvalue weighted by Gasteiger charge is 2.31. The van der Waals surface area contributed by atoms with Crippen LogP contribution in [0.3, 0.4) is 0 Å². The number of hydrogen-bond acceptors (Lipinski definition) is 2. The number of amides is 1. The van der Waals surface area contributed by atoms with E-state index in [0.29, 0.717) is 12.3 Å². The van der Waals surface area contributed by atoms with Gasteiger partial charge in [-0.3, -0.25) is 4.79 Å². The van der Waals surface area contributed by atoms with Crippen molar-refractivity contribution in [2.45, 2.75) is 6.18 Å². The Balaban J connectivity index is 2.30. The third kappa shape index (κ3) is 3.63. The fourth-order valence-corrected chi connectivity index (χ4v) is 2.35. The molecule has 22 heavy (non-hydrogen) atoms. The van der Waals surface area contributed by atoms with Crippen LogP contribution in [0.15, 0.2) is 30.5 Å². The molecule has 0 unspecified atom stereocenters. The maximum Gasteiger partial charge on any atom is 0.417 e. The SMILES string of the molecule is O=C(Nc1ncc(C(F)(F)F)cc1Cl)c1c(Cl)cccc1Cl. The zero-order valence-electron chi connectivity index (χ0n) is 10.5. The average Bonchev–Trinajstić information content (AvgIpc) is 2.39. The molecule has 2 rings (SSSR count). The van der Waals surface area contributed by atoms with E-state index < -0.39 is 17.6 Å². The number of alkyl halides is 3. The maximum absolute atomic E-state index is 12.5. The maximum atomic E-state index is 12.5. The molecule has 0 atom stereocenters. The van der Waals surface area contributed by atoms with E-state index in [1.54, 1.807) is 6.07 Å². The molecule has 0 bridgehead atoms. The number of carbonyl (C=O) groups is 1. The highest BCUT2D eigenvalue weighted by atomic mass is 35.5. The van der Waals surface area contributed by atoms with Crippen molar-refractivity contribution in [3.8, 4) is 0 Å². The van der Waals surface area contributed by atoms with Crippen LogP contribution >= 0.6 is 34.8 Å². The van der Waals surface area contributed by atoms with E-state index in [0.717, 1.165) is 0 Å². The van der Waals surface area contributed by atoms with Crippen LogP contribution in [-0.2, 0) is 6.18 Å². The molecule has 0 radical (unpaired) electrons. The number of hydrogen-bond donors (Lipinski definition) is 1. The van der Waals surface area contributed by atoms with Gasteiger partial charge in [-0.05, 0) is 18.2 Å². The number of carbonyl (C=O) groups excluding carboxylic acids is 1. The van der Waals surface area contributed by atoms with Gasteiger partial charge < -0.3 is 5.32 Å². The van der Waals surface area contributed by atoms with E-state index in [9.17, 15) is 18.0 Å². The molecule has 0 saturated carbocycles. The molecule has 0 aliphatic rings. The van der Waals surface area contributed by atoms with E-state index in [1.807, 2.05) is 0 Å². The van der Waals surface area contributed by atoms with Gasteiger partial charge >= 0.3 is 6.18 Å². The van der Waals surface area contributed by atoms with Crippen molar-refractivity contribution in [3.63, 3.8) is 0 Å². The minimum atomic E-state index is -4.58. The van der Waals surface area contributed by atoms with E-state index in [-0.39, 0.29) is 26.4 Å². The Bertz CT molecular complexity index is 715. The Kier molecular flexibility index (Phi) is 4.84. The first-order valence-electron chi connectivity index (χ1n) is 5.68. The van der Waals surface area contributed by atoms with Crippen LogP contribution in [0.4, 0.5) is 19.0 Å². The smallest absolute Gasteiger partial charge is 0.305 e. The highest BCUT2D eigenvalue weighted by Crippen LogP contribution is 2.33. The molecule has 0 aliphatic carbocycles. The van der Waals surface area contributed by atoms with Gasteiger partial charge in [0.25, 0.3) is 5.91 Å². The van der Waals surface area contributed by atoms with Gasteiger partial charge in [0.1, 0.15) is 0 Å². The van der Waals surface area contributed by atoms with Gasteiger partial charge in [0.05, 0.1) is 26.2 Å². The second kappa shape index (κ2) is 6.32. The fraction of sp³-hybridized carbons (Fsp3) is 0.0769. The number of benzene rings is 1.